The van der Waals surface area contributed by atoms with Gasteiger partial charge in [0, 0.05) is 25.1 Å². The lowest BCUT2D eigenvalue weighted by molar-refractivity contribution is 0.231. The molecule has 19 heavy (non-hydrogen) atoms. The Hall–Kier alpha value is -1.29. The van der Waals surface area contributed by atoms with Crippen molar-refractivity contribution in [3.05, 3.63) is 23.8 Å². The van der Waals surface area contributed by atoms with Crippen LogP contribution in [-0.2, 0) is 0 Å². The zero-order chi connectivity index (χ0) is 13.5. The van der Waals surface area contributed by atoms with Crippen molar-refractivity contribution >= 4 is 6.03 Å². The molecule has 0 aromatic rings. The van der Waals surface area contributed by atoms with Crippen LogP contribution in [0.2, 0.25) is 0 Å². The first-order valence-electron chi connectivity index (χ1n) is 7.29. The van der Waals surface area contributed by atoms with Crippen LogP contribution in [0.1, 0.15) is 38.5 Å². The molecule has 0 bridgehead atoms. The van der Waals surface area contributed by atoms with E-state index in [0.29, 0.717) is 6.54 Å². The SMILES string of the molecule is O=C(NCCC1=CCCCC1)N[C@@H]1C=C[C@H](CO)C1. The van der Waals surface area contributed by atoms with Gasteiger partial charge in [-0.05, 0) is 38.5 Å². The number of aliphatic hydroxyl groups is 1. The molecule has 2 amide bonds. The summed E-state index contributed by atoms with van der Waals surface area (Å²) in [5.74, 6) is 0.192. The van der Waals surface area contributed by atoms with E-state index in [2.05, 4.69) is 16.7 Å². The molecule has 2 aliphatic rings. The zero-order valence-corrected chi connectivity index (χ0v) is 11.4. The van der Waals surface area contributed by atoms with Gasteiger partial charge in [0.05, 0.1) is 0 Å². The lowest BCUT2D eigenvalue weighted by Gasteiger charge is -2.15. The third-order valence-electron chi connectivity index (χ3n) is 3.84. The maximum Gasteiger partial charge on any atom is 0.315 e. The van der Waals surface area contributed by atoms with E-state index in [4.69, 9.17) is 5.11 Å². The van der Waals surface area contributed by atoms with Gasteiger partial charge in [-0.2, -0.15) is 0 Å². The minimum absolute atomic E-state index is 0.0612. The Morgan fingerprint density at radius 2 is 2.26 bits per heavy atom. The summed E-state index contributed by atoms with van der Waals surface area (Å²) in [6.45, 7) is 0.863. The number of amides is 2. The average Bonchev–Trinajstić information content (AvgIpc) is 2.87. The van der Waals surface area contributed by atoms with Crippen molar-refractivity contribution in [3.63, 3.8) is 0 Å². The van der Waals surface area contributed by atoms with Crippen LogP contribution in [0.3, 0.4) is 0 Å². The van der Waals surface area contributed by atoms with Crippen molar-refractivity contribution in [2.24, 2.45) is 5.92 Å². The predicted molar refractivity (Wildman–Crippen MR) is 75.8 cm³/mol. The number of hydrogen-bond donors (Lipinski definition) is 3. The molecule has 0 saturated heterocycles. The second kappa shape index (κ2) is 7.34. The molecule has 2 atom stereocenters. The highest BCUT2D eigenvalue weighted by Gasteiger charge is 2.19. The molecular weight excluding hydrogens is 240 g/mol. The summed E-state index contributed by atoms with van der Waals surface area (Å²) in [6, 6.07) is -0.0457. The first-order valence-corrected chi connectivity index (χ1v) is 7.29. The van der Waals surface area contributed by atoms with Crippen molar-refractivity contribution in [3.8, 4) is 0 Å². The number of carbonyl (C=O) groups excluding carboxylic acids is 1. The molecular formula is C15H24N2O2. The zero-order valence-electron chi connectivity index (χ0n) is 11.4. The Labute approximate surface area is 115 Å². The quantitative estimate of drug-likeness (QED) is 0.666. The van der Waals surface area contributed by atoms with Gasteiger partial charge in [-0.15, -0.1) is 0 Å². The monoisotopic (exact) mass is 264 g/mol. The summed E-state index contributed by atoms with van der Waals surface area (Å²) < 4.78 is 0. The molecule has 0 heterocycles. The van der Waals surface area contributed by atoms with Crippen LogP contribution in [0.4, 0.5) is 4.79 Å². The fourth-order valence-corrected chi connectivity index (χ4v) is 2.70. The number of allylic oxidation sites excluding steroid dienone is 1. The molecule has 0 fully saturated rings. The van der Waals surface area contributed by atoms with E-state index < -0.39 is 0 Å². The summed E-state index contributed by atoms with van der Waals surface area (Å²) in [5.41, 5.74) is 1.48. The average molecular weight is 264 g/mol. The van der Waals surface area contributed by atoms with E-state index in [-0.39, 0.29) is 24.6 Å². The minimum Gasteiger partial charge on any atom is -0.396 e. The number of hydrogen-bond acceptors (Lipinski definition) is 2. The van der Waals surface area contributed by atoms with Gasteiger partial charge in [0.15, 0.2) is 0 Å². The first-order chi connectivity index (χ1) is 9.28. The van der Waals surface area contributed by atoms with Crippen LogP contribution in [0, 0.1) is 5.92 Å². The van der Waals surface area contributed by atoms with Gasteiger partial charge in [-0.25, -0.2) is 4.79 Å². The predicted octanol–water partition coefficient (Wildman–Crippen LogP) is 2.11. The summed E-state index contributed by atoms with van der Waals surface area (Å²) >= 11 is 0. The molecule has 2 rings (SSSR count). The van der Waals surface area contributed by atoms with Crippen molar-refractivity contribution in [2.75, 3.05) is 13.2 Å². The van der Waals surface area contributed by atoms with Gasteiger partial charge in [0.25, 0.3) is 0 Å². The molecule has 106 valence electrons. The number of carbonyl (C=O) groups is 1. The van der Waals surface area contributed by atoms with Crippen LogP contribution in [0.15, 0.2) is 23.8 Å². The Balaban J connectivity index is 1.60. The minimum atomic E-state index is -0.107. The fourth-order valence-electron chi connectivity index (χ4n) is 2.70. The molecule has 4 nitrogen and oxygen atoms in total. The highest BCUT2D eigenvalue weighted by Crippen LogP contribution is 2.19. The van der Waals surface area contributed by atoms with Crippen LogP contribution < -0.4 is 10.6 Å². The number of nitrogens with one attached hydrogen (secondary N) is 2. The summed E-state index contributed by atoms with van der Waals surface area (Å²) in [7, 11) is 0. The van der Waals surface area contributed by atoms with E-state index in [1.165, 1.54) is 31.3 Å². The second-order valence-corrected chi connectivity index (χ2v) is 5.43. The van der Waals surface area contributed by atoms with Gasteiger partial charge < -0.3 is 15.7 Å². The summed E-state index contributed by atoms with van der Waals surface area (Å²) in [5, 5.41) is 14.8. The smallest absolute Gasteiger partial charge is 0.315 e. The molecule has 0 aliphatic heterocycles. The first kappa shape index (κ1) is 14.1. The Morgan fingerprint density at radius 1 is 1.37 bits per heavy atom. The van der Waals surface area contributed by atoms with Crippen molar-refractivity contribution < 1.29 is 9.90 Å². The lowest BCUT2D eigenvalue weighted by atomic mass is 9.97. The van der Waals surface area contributed by atoms with Crippen LogP contribution in [-0.4, -0.2) is 30.3 Å². The molecule has 0 saturated carbocycles. The largest absolute Gasteiger partial charge is 0.396 e. The van der Waals surface area contributed by atoms with Gasteiger partial charge in [-0.3, -0.25) is 0 Å². The Kier molecular flexibility index (Phi) is 5.45. The van der Waals surface area contributed by atoms with Crippen LogP contribution in [0.5, 0.6) is 0 Å². The van der Waals surface area contributed by atoms with E-state index in [1.807, 2.05) is 12.2 Å². The topological polar surface area (TPSA) is 61.4 Å². The normalized spacial score (nSPS) is 26.1. The number of rotatable bonds is 5. The number of aliphatic hydroxyl groups excluding tert-OH is 1. The van der Waals surface area contributed by atoms with Gasteiger partial charge in [0.1, 0.15) is 0 Å². The van der Waals surface area contributed by atoms with Crippen molar-refractivity contribution in [1.82, 2.24) is 10.6 Å². The van der Waals surface area contributed by atoms with E-state index in [9.17, 15) is 4.79 Å². The number of urea groups is 1. The molecule has 0 radical (unpaired) electrons. The fraction of sp³-hybridized carbons (Fsp3) is 0.667. The molecule has 0 aromatic carbocycles. The molecule has 3 N–H and O–H groups in total. The van der Waals surface area contributed by atoms with E-state index >= 15 is 0 Å². The summed E-state index contributed by atoms with van der Waals surface area (Å²) in [4.78, 5) is 11.7. The molecule has 4 heteroatoms. The molecule has 0 spiro atoms. The Morgan fingerprint density at radius 3 is 2.95 bits per heavy atom. The van der Waals surface area contributed by atoms with Gasteiger partial charge in [0.2, 0.25) is 0 Å². The Bertz CT molecular complexity index is 363. The lowest BCUT2D eigenvalue weighted by Crippen LogP contribution is -2.41. The molecule has 2 aliphatic carbocycles. The maximum atomic E-state index is 11.7. The third-order valence-corrected chi connectivity index (χ3v) is 3.84. The maximum absolute atomic E-state index is 11.7. The molecule has 0 aromatic heterocycles. The van der Waals surface area contributed by atoms with Gasteiger partial charge >= 0.3 is 6.03 Å². The standard InChI is InChI=1S/C15H24N2O2/c18-11-13-6-7-14(10-13)17-15(19)16-9-8-12-4-2-1-3-5-12/h4,6-7,13-14,18H,1-3,5,8-11H2,(H2,16,17,19)/t13-,14+/m0/s1. The molecule has 0 unspecified atom stereocenters. The van der Waals surface area contributed by atoms with Crippen molar-refractivity contribution in [2.45, 2.75) is 44.6 Å². The second-order valence-electron chi connectivity index (χ2n) is 5.43. The van der Waals surface area contributed by atoms with Gasteiger partial charge in [-0.1, -0.05) is 23.8 Å². The van der Waals surface area contributed by atoms with Crippen LogP contribution in [0.25, 0.3) is 0 Å². The van der Waals surface area contributed by atoms with E-state index in [0.717, 1.165) is 12.8 Å². The third kappa shape index (κ3) is 4.71. The van der Waals surface area contributed by atoms with Crippen molar-refractivity contribution in [1.29, 1.82) is 0 Å². The highest BCUT2D eigenvalue weighted by molar-refractivity contribution is 5.74. The highest BCUT2D eigenvalue weighted by atomic mass is 16.3. The van der Waals surface area contributed by atoms with Crippen LogP contribution >= 0.6 is 0 Å². The van der Waals surface area contributed by atoms with E-state index in [1.54, 1.807) is 0 Å². The summed E-state index contributed by atoms with van der Waals surface area (Å²) in [6.07, 6.45) is 13.0.